The maximum Gasteiger partial charge on any atom is 0.224 e. The number of halogens is 1. The summed E-state index contributed by atoms with van der Waals surface area (Å²) >= 11 is 5.86. The summed E-state index contributed by atoms with van der Waals surface area (Å²) in [6, 6.07) is 7.51. The minimum absolute atomic E-state index is 0.387. The summed E-state index contributed by atoms with van der Waals surface area (Å²) in [4.78, 5) is 8.17. The molecule has 88 valence electrons. The lowest BCUT2D eigenvalue weighted by Gasteiger charge is -2.09. The predicted molar refractivity (Wildman–Crippen MR) is 67.8 cm³/mol. The minimum atomic E-state index is 0.387. The van der Waals surface area contributed by atoms with Gasteiger partial charge < -0.3 is 4.74 Å². The maximum absolute atomic E-state index is 5.86. The molecule has 0 fully saturated rings. The van der Waals surface area contributed by atoms with Gasteiger partial charge in [0.1, 0.15) is 16.7 Å². The van der Waals surface area contributed by atoms with E-state index in [0.717, 1.165) is 11.3 Å². The molecule has 0 radical (unpaired) electrons. The highest BCUT2D eigenvalue weighted by Crippen LogP contribution is 2.26. The van der Waals surface area contributed by atoms with E-state index in [2.05, 4.69) is 9.97 Å². The van der Waals surface area contributed by atoms with Gasteiger partial charge in [-0.1, -0.05) is 23.7 Å². The molecule has 0 aliphatic rings. The Hall–Kier alpha value is -1.61. The summed E-state index contributed by atoms with van der Waals surface area (Å²) in [5.74, 6) is 1.85. The first kappa shape index (κ1) is 11.9. The van der Waals surface area contributed by atoms with Crippen LogP contribution < -0.4 is 4.74 Å². The Morgan fingerprint density at radius 3 is 2.59 bits per heavy atom. The van der Waals surface area contributed by atoms with Crippen LogP contribution >= 0.6 is 11.6 Å². The predicted octanol–water partition coefficient (Wildman–Crippen LogP) is 3.85. The van der Waals surface area contributed by atoms with Crippen LogP contribution in [0, 0.1) is 20.8 Å². The van der Waals surface area contributed by atoms with Crippen molar-refractivity contribution in [2.45, 2.75) is 20.8 Å². The molecule has 0 N–H and O–H groups in total. The Morgan fingerprint density at radius 1 is 1.12 bits per heavy atom. The van der Waals surface area contributed by atoms with E-state index in [4.69, 9.17) is 16.3 Å². The average molecular weight is 249 g/mol. The molecule has 0 aliphatic heterocycles. The van der Waals surface area contributed by atoms with Crippen LogP contribution in [0.15, 0.2) is 24.3 Å². The number of ether oxygens (including phenoxy) is 1. The van der Waals surface area contributed by atoms with Crippen LogP contribution in [-0.4, -0.2) is 9.97 Å². The second-order valence-electron chi connectivity index (χ2n) is 3.88. The van der Waals surface area contributed by atoms with Crippen LogP contribution in [0.25, 0.3) is 0 Å². The van der Waals surface area contributed by atoms with Crippen molar-refractivity contribution in [3.05, 3.63) is 46.4 Å². The third kappa shape index (κ3) is 2.74. The van der Waals surface area contributed by atoms with E-state index in [9.17, 15) is 0 Å². The van der Waals surface area contributed by atoms with Gasteiger partial charge in [0.15, 0.2) is 0 Å². The number of aryl methyl sites for hydroxylation is 2. The van der Waals surface area contributed by atoms with Gasteiger partial charge >= 0.3 is 0 Å². The molecule has 2 aromatic rings. The van der Waals surface area contributed by atoms with Crippen LogP contribution in [0.5, 0.6) is 11.6 Å². The first-order valence-electron chi connectivity index (χ1n) is 5.31. The zero-order valence-electron chi connectivity index (χ0n) is 9.99. The Kier molecular flexibility index (Phi) is 3.29. The number of hydrogen-bond donors (Lipinski definition) is 0. The van der Waals surface area contributed by atoms with Gasteiger partial charge in [-0.25, -0.2) is 4.98 Å². The van der Waals surface area contributed by atoms with Crippen molar-refractivity contribution in [2.24, 2.45) is 0 Å². The fourth-order valence-corrected chi connectivity index (χ4v) is 1.72. The minimum Gasteiger partial charge on any atom is -0.439 e. The zero-order chi connectivity index (χ0) is 12.4. The zero-order valence-corrected chi connectivity index (χ0v) is 10.7. The summed E-state index contributed by atoms with van der Waals surface area (Å²) in [6.45, 7) is 5.84. The lowest BCUT2D eigenvalue weighted by molar-refractivity contribution is 0.456. The Labute approximate surface area is 105 Å². The highest BCUT2D eigenvalue weighted by Gasteiger charge is 2.06. The van der Waals surface area contributed by atoms with Gasteiger partial charge in [-0.3, -0.25) is 0 Å². The number of rotatable bonds is 2. The number of hydrogen-bond acceptors (Lipinski definition) is 3. The fourth-order valence-electron chi connectivity index (χ4n) is 1.51. The maximum atomic E-state index is 5.86. The molecule has 0 saturated carbocycles. The molecule has 1 aromatic heterocycles. The summed E-state index contributed by atoms with van der Waals surface area (Å²) in [5.41, 5.74) is 2.28. The summed E-state index contributed by atoms with van der Waals surface area (Å²) < 4.78 is 5.72. The molecule has 0 atom stereocenters. The van der Waals surface area contributed by atoms with E-state index in [-0.39, 0.29) is 0 Å². The molecule has 4 heteroatoms. The summed E-state index contributed by atoms with van der Waals surface area (Å²) in [5, 5.41) is 0.387. The molecule has 1 aromatic carbocycles. The summed E-state index contributed by atoms with van der Waals surface area (Å²) in [6.07, 6.45) is 0. The van der Waals surface area contributed by atoms with Gasteiger partial charge in [0.25, 0.3) is 0 Å². The Morgan fingerprint density at radius 2 is 1.88 bits per heavy atom. The normalized spacial score (nSPS) is 10.4. The molecule has 0 saturated heterocycles. The van der Waals surface area contributed by atoms with Crippen LogP contribution in [0.4, 0.5) is 0 Å². The molecule has 0 aliphatic carbocycles. The molecule has 1 heterocycles. The molecule has 0 bridgehead atoms. The SMILES string of the molecule is Cc1nc(Cl)cc(Oc2cccc(C)c2C)n1. The van der Waals surface area contributed by atoms with E-state index >= 15 is 0 Å². The van der Waals surface area contributed by atoms with E-state index in [1.54, 1.807) is 13.0 Å². The topological polar surface area (TPSA) is 35.0 Å². The van der Waals surface area contributed by atoms with Gasteiger partial charge in [0, 0.05) is 6.07 Å². The molecule has 17 heavy (non-hydrogen) atoms. The van der Waals surface area contributed by atoms with Crippen molar-refractivity contribution in [2.75, 3.05) is 0 Å². The Balaban J connectivity index is 2.34. The van der Waals surface area contributed by atoms with Crippen molar-refractivity contribution < 1.29 is 4.74 Å². The quantitative estimate of drug-likeness (QED) is 0.758. The molecular weight excluding hydrogens is 236 g/mol. The molecule has 2 rings (SSSR count). The van der Waals surface area contributed by atoms with Gasteiger partial charge in [0.05, 0.1) is 0 Å². The van der Waals surface area contributed by atoms with Crippen LogP contribution in [0.2, 0.25) is 5.15 Å². The second kappa shape index (κ2) is 4.72. The van der Waals surface area contributed by atoms with E-state index in [0.29, 0.717) is 16.9 Å². The lowest BCUT2D eigenvalue weighted by Crippen LogP contribution is -1.95. The highest BCUT2D eigenvalue weighted by atomic mass is 35.5. The molecular formula is C13H13ClN2O. The van der Waals surface area contributed by atoms with E-state index in [1.165, 1.54) is 5.56 Å². The smallest absolute Gasteiger partial charge is 0.224 e. The molecule has 0 amide bonds. The third-order valence-corrected chi connectivity index (χ3v) is 2.75. The second-order valence-corrected chi connectivity index (χ2v) is 4.26. The Bertz CT molecular complexity index is 535. The van der Waals surface area contributed by atoms with Gasteiger partial charge in [-0.15, -0.1) is 0 Å². The van der Waals surface area contributed by atoms with Crippen LogP contribution in [-0.2, 0) is 0 Å². The third-order valence-electron chi connectivity index (χ3n) is 2.55. The first-order valence-corrected chi connectivity index (χ1v) is 5.69. The largest absolute Gasteiger partial charge is 0.439 e. The average Bonchev–Trinajstić information content (AvgIpc) is 2.23. The fraction of sp³-hybridized carbons (Fsp3) is 0.231. The van der Waals surface area contributed by atoms with Crippen LogP contribution in [0.3, 0.4) is 0 Å². The van der Waals surface area contributed by atoms with Crippen LogP contribution in [0.1, 0.15) is 17.0 Å². The molecule has 3 nitrogen and oxygen atoms in total. The van der Waals surface area contributed by atoms with Crippen molar-refractivity contribution in [1.29, 1.82) is 0 Å². The van der Waals surface area contributed by atoms with Crippen molar-refractivity contribution in [1.82, 2.24) is 9.97 Å². The van der Waals surface area contributed by atoms with Gasteiger partial charge in [0.2, 0.25) is 5.88 Å². The van der Waals surface area contributed by atoms with Crippen molar-refractivity contribution in [3.63, 3.8) is 0 Å². The lowest BCUT2D eigenvalue weighted by atomic mass is 10.1. The summed E-state index contributed by atoms with van der Waals surface area (Å²) in [7, 11) is 0. The standard InChI is InChI=1S/C13H13ClN2O/c1-8-5-4-6-11(9(8)2)17-13-7-12(14)15-10(3)16-13/h4-7H,1-3H3. The first-order chi connectivity index (χ1) is 8.06. The highest BCUT2D eigenvalue weighted by molar-refractivity contribution is 6.29. The van der Waals surface area contributed by atoms with Crippen molar-refractivity contribution >= 4 is 11.6 Å². The number of benzene rings is 1. The van der Waals surface area contributed by atoms with E-state index < -0.39 is 0 Å². The molecule has 0 unspecified atom stereocenters. The monoisotopic (exact) mass is 248 g/mol. The van der Waals surface area contributed by atoms with Crippen molar-refractivity contribution in [3.8, 4) is 11.6 Å². The van der Waals surface area contributed by atoms with Gasteiger partial charge in [-0.2, -0.15) is 4.98 Å². The molecule has 0 spiro atoms. The number of nitrogens with zero attached hydrogens (tertiary/aromatic N) is 2. The number of aromatic nitrogens is 2. The van der Waals surface area contributed by atoms with Gasteiger partial charge in [-0.05, 0) is 38.0 Å². The van der Waals surface area contributed by atoms with E-state index in [1.807, 2.05) is 32.0 Å².